The molecule has 6 heteroatoms. The molecule has 24 heavy (non-hydrogen) atoms. The normalized spacial score (nSPS) is 23.4. The van der Waals surface area contributed by atoms with Gasteiger partial charge in [0.15, 0.2) is 0 Å². The first kappa shape index (κ1) is 16.5. The number of hydrogen-bond acceptors (Lipinski definition) is 4. The van der Waals surface area contributed by atoms with E-state index in [2.05, 4.69) is 17.1 Å². The number of benzene rings is 1. The monoisotopic (exact) mass is 326 g/mol. The highest BCUT2D eigenvalue weighted by Crippen LogP contribution is 2.30. The first-order chi connectivity index (χ1) is 11.6. The first-order valence-corrected chi connectivity index (χ1v) is 8.48. The van der Waals surface area contributed by atoms with Gasteiger partial charge in [-0.15, -0.1) is 0 Å². The predicted molar refractivity (Wildman–Crippen MR) is 90.2 cm³/mol. The van der Waals surface area contributed by atoms with Gasteiger partial charge in [0.2, 0.25) is 0 Å². The van der Waals surface area contributed by atoms with Gasteiger partial charge < -0.3 is 15.1 Å². The van der Waals surface area contributed by atoms with Crippen LogP contribution in [0.3, 0.4) is 0 Å². The molecular weight excluding hydrogens is 304 g/mol. The van der Waals surface area contributed by atoms with Crippen molar-refractivity contribution in [3.8, 4) is 6.07 Å². The second-order valence-electron chi connectivity index (χ2n) is 6.42. The average Bonchev–Trinajstić information content (AvgIpc) is 2.89. The average molecular weight is 326 g/mol. The van der Waals surface area contributed by atoms with Crippen LogP contribution in [0.2, 0.25) is 0 Å². The summed E-state index contributed by atoms with van der Waals surface area (Å²) in [5.41, 5.74) is 1.05. The molecule has 2 unspecified atom stereocenters. The molecule has 0 radical (unpaired) electrons. The smallest absolute Gasteiger partial charge is 0.313 e. The van der Waals surface area contributed by atoms with Crippen molar-refractivity contribution in [2.75, 3.05) is 25.0 Å². The standard InChI is InChI=1S/C18H22N4O2/c1-2-21-10-9-15-7-8-16(12-21)22(15)18(24)17(23)20-14-5-3-13(11-19)4-6-14/h3-6,15-16H,2,7-10,12H2,1H3,(H,20,23). The predicted octanol–water partition coefficient (Wildman–Crippen LogP) is 1.58. The third-order valence-corrected chi connectivity index (χ3v) is 5.02. The molecule has 126 valence electrons. The van der Waals surface area contributed by atoms with E-state index in [0.717, 1.165) is 38.9 Å². The summed E-state index contributed by atoms with van der Waals surface area (Å²) in [7, 11) is 0. The van der Waals surface area contributed by atoms with E-state index >= 15 is 0 Å². The van der Waals surface area contributed by atoms with Crippen LogP contribution in [-0.4, -0.2) is 53.3 Å². The van der Waals surface area contributed by atoms with Crippen LogP contribution in [0.25, 0.3) is 0 Å². The Kier molecular flexibility index (Phi) is 4.81. The Balaban J connectivity index is 1.68. The number of nitrogens with zero attached hydrogens (tertiary/aromatic N) is 3. The Morgan fingerprint density at radius 1 is 1.21 bits per heavy atom. The van der Waals surface area contributed by atoms with Gasteiger partial charge >= 0.3 is 11.8 Å². The van der Waals surface area contributed by atoms with E-state index in [1.807, 2.05) is 6.07 Å². The van der Waals surface area contributed by atoms with Gasteiger partial charge in [-0.25, -0.2) is 0 Å². The minimum atomic E-state index is -0.596. The van der Waals surface area contributed by atoms with Crippen LogP contribution in [0.4, 0.5) is 5.69 Å². The van der Waals surface area contributed by atoms with E-state index in [4.69, 9.17) is 5.26 Å². The summed E-state index contributed by atoms with van der Waals surface area (Å²) in [4.78, 5) is 29.2. The van der Waals surface area contributed by atoms with E-state index in [-0.39, 0.29) is 12.1 Å². The molecule has 2 atom stereocenters. The molecule has 0 saturated carbocycles. The summed E-state index contributed by atoms with van der Waals surface area (Å²) in [6.45, 7) is 4.94. The molecule has 2 aliphatic rings. The Bertz CT molecular complexity index is 665. The van der Waals surface area contributed by atoms with Gasteiger partial charge in [0.05, 0.1) is 11.6 Å². The van der Waals surface area contributed by atoms with Crippen molar-refractivity contribution in [2.45, 2.75) is 38.3 Å². The molecule has 1 aromatic carbocycles. The fraction of sp³-hybridized carbons (Fsp3) is 0.500. The molecule has 2 aliphatic heterocycles. The Morgan fingerprint density at radius 3 is 2.58 bits per heavy atom. The van der Waals surface area contributed by atoms with Crippen LogP contribution in [0.15, 0.2) is 24.3 Å². The molecule has 3 rings (SSSR count). The molecule has 1 aromatic rings. The fourth-order valence-corrected chi connectivity index (χ4v) is 3.69. The van der Waals surface area contributed by atoms with Gasteiger partial charge in [-0.05, 0) is 50.1 Å². The minimum Gasteiger partial charge on any atom is -0.327 e. The zero-order chi connectivity index (χ0) is 17.1. The van der Waals surface area contributed by atoms with Crippen LogP contribution in [-0.2, 0) is 9.59 Å². The number of likely N-dealkylation sites (N-methyl/N-ethyl adjacent to an activating group) is 1. The summed E-state index contributed by atoms with van der Waals surface area (Å²) >= 11 is 0. The summed E-state index contributed by atoms with van der Waals surface area (Å²) < 4.78 is 0. The van der Waals surface area contributed by atoms with E-state index in [1.54, 1.807) is 29.2 Å². The number of rotatable bonds is 2. The molecule has 0 aliphatic carbocycles. The van der Waals surface area contributed by atoms with E-state index < -0.39 is 11.8 Å². The number of nitriles is 1. The van der Waals surface area contributed by atoms with Crippen LogP contribution >= 0.6 is 0 Å². The molecule has 0 spiro atoms. The van der Waals surface area contributed by atoms with Crippen LogP contribution in [0, 0.1) is 11.3 Å². The summed E-state index contributed by atoms with van der Waals surface area (Å²) in [5, 5.41) is 11.5. The van der Waals surface area contributed by atoms with Crippen LogP contribution < -0.4 is 5.32 Å². The second-order valence-corrected chi connectivity index (χ2v) is 6.42. The molecule has 6 nitrogen and oxygen atoms in total. The zero-order valence-electron chi connectivity index (χ0n) is 13.9. The number of likely N-dealkylation sites (tertiary alicyclic amines) is 1. The van der Waals surface area contributed by atoms with E-state index in [0.29, 0.717) is 11.3 Å². The van der Waals surface area contributed by atoms with Crippen molar-refractivity contribution in [1.82, 2.24) is 9.80 Å². The molecule has 2 saturated heterocycles. The van der Waals surface area contributed by atoms with Crippen molar-refractivity contribution in [3.05, 3.63) is 29.8 Å². The zero-order valence-corrected chi connectivity index (χ0v) is 13.9. The Hall–Kier alpha value is -2.39. The van der Waals surface area contributed by atoms with E-state index in [9.17, 15) is 9.59 Å². The van der Waals surface area contributed by atoms with Crippen molar-refractivity contribution in [3.63, 3.8) is 0 Å². The van der Waals surface area contributed by atoms with Crippen LogP contribution in [0.1, 0.15) is 31.7 Å². The summed E-state index contributed by atoms with van der Waals surface area (Å²) in [6.07, 6.45) is 2.88. The molecule has 2 heterocycles. The first-order valence-electron chi connectivity index (χ1n) is 8.48. The van der Waals surface area contributed by atoms with Gasteiger partial charge in [-0.2, -0.15) is 5.26 Å². The van der Waals surface area contributed by atoms with Gasteiger partial charge in [0.25, 0.3) is 0 Å². The minimum absolute atomic E-state index is 0.136. The number of carbonyl (C=O) groups excluding carboxylic acids is 2. The highest BCUT2D eigenvalue weighted by atomic mass is 16.2. The molecule has 2 fully saturated rings. The van der Waals surface area contributed by atoms with Crippen molar-refractivity contribution in [1.29, 1.82) is 5.26 Å². The summed E-state index contributed by atoms with van der Waals surface area (Å²) in [5.74, 6) is -1.04. The van der Waals surface area contributed by atoms with Crippen LogP contribution in [0.5, 0.6) is 0 Å². The third-order valence-electron chi connectivity index (χ3n) is 5.02. The van der Waals surface area contributed by atoms with E-state index in [1.165, 1.54) is 0 Å². The van der Waals surface area contributed by atoms with Gasteiger partial charge in [0.1, 0.15) is 0 Å². The molecular formula is C18H22N4O2. The lowest BCUT2D eigenvalue weighted by molar-refractivity contribution is -0.145. The van der Waals surface area contributed by atoms with Gasteiger partial charge in [-0.3, -0.25) is 9.59 Å². The SMILES string of the molecule is CCN1CCC2CCC(C1)N2C(=O)C(=O)Nc1ccc(C#N)cc1. The largest absolute Gasteiger partial charge is 0.327 e. The molecule has 2 bridgehead atoms. The number of fused-ring (bicyclic) bond motifs is 2. The quantitative estimate of drug-likeness (QED) is 0.837. The Labute approximate surface area is 142 Å². The second kappa shape index (κ2) is 7.02. The lowest BCUT2D eigenvalue weighted by atomic mass is 10.1. The highest BCUT2D eigenvalue weighted by Gasteiger charge is 2.41. The Morgan fingerprint density at radius 2 is 1.92 bits per heavy atom. The highest BCUT2D eigenvalue weighted by molar-refractivity contribution is 6.39. The number of anilines is 1. The number of amides is 2. The van der Waals surface area contributed by atoms with Gasteiger partial charge in [0, 0.05) is 30.9 Å². The maximum Gasteiger partial charge on any atom is 0.313 e. The molecule has 1 N–H and O–H groups in total. The van der Waals surface area contributed by atoms with Crippen molar-refractivity contribution >= 4 is 17.5 Å². The fourth-order valence-electron chi connectivity index (χ4n) is 3.69. The lowest BCUT2D eigenvalue weighted by Crippen LogP contribution is -2.47. The third kappa shape index (κ3) is 3.26. The number of nitrogens with one attached hydrogen (secondary N) is 1. The number of hydrogen-bond donors (Lipinski definition) is 1. The lowest BCUT2D eigenvalue weighted by Gasteiger charge is -2.28. The molecule has 2 amide bonds. The van der Waals surface area contributed by atoms with Gasteiger partial charge in [-0.1, -0.05) is 6.92 Å². The number of carbonyl (C=O) groups is 2. The summed E-state index contributed by atoms with van der Waals surface area (Å²) in [6, 6.07) is 8.85. The maximum atomic E-state index is 12.7. The topological polar surface area (TPSA) is 76.4 Å². The maximum absolute atomic E-state index is 12.7. The molecule has 0 aromatic heterocycles. The van der Waals surface area contributed by atoms with Crippen molar-refractivity contribution < 1.29 is 9.59 Å². The van der Waals surface area contributed by atoms with Crippen molar-refractivity contribution in [2.24, 2.45) is 0 Å².